The Morgan fingerprint density at radius 1 is 1.16 bits per heavy atom. The summed E-state index contributed by atoms with van der Waals surface area (Å²) in [6.45, 7) is 13.1. The molecular formula is C16H27N3. The first-order valence-electron chi connectivity index (χ1n) is 7.40. The van der Waals surface area contributed by atoms with E-state index in [9.17, 15) is 0 Å². The lowest BCUT2D eigenvalue weighted by Crippen LogP contribution is -2.48. The van der Waals surface area contributed by atoms with Crippen molar-refractivity contribution in [2.45, 2.75) is 26.7 Å². The first-order valence-corrected chi connectivity index (χ1v) is 7.40. The summed E-state index contributed by atoms with van der Waals surface area (Å²) in [6, 6.07) is 6.69. The molecule has 1 saturated heterocycles. The molecule has 1 aromatic carbocycles. The zero-order valence-electron chi connectivity index (χ0n) is 12.5. The zero-order chi connectivity index (χ0) is 13.8. The van der Waals surface area contributed by atoms with Crippen LogP contribution < -0.4 is 10.6 Å². The van der Waals surface area contributed by atoms with Crippen LogP contribution in [0.4, 0.5) is 5.69 Å². The second-order valence-corrected chi connectivity index (χ2v) is 5.78. The maximum atomic E-state index is 5.64. The maximum absolute atomic E-state index is 5.64. The van der Waals surface area contributed by atoms with Crippen molar-refractivity contribution in [3.8, 4) is 0 Å². The first-order chi connectivity index (χ1) is 9.13. The minimum Gasteiger partial charge on any atom is -0.369 e. The lowest BCUT2D eigenvalue weighted by molar-refractivity contribution is 0.264. The molecule has 1 aromatic rings. The number of piperazine rings is 1. The van der Waals surface area contributed by atoms with E-state index in [1.54, 1.807) is 0 Å². The van der Waals surface area contributed by atoms with E-state index in [4.69, 9.17) is 5.73 Å². The van der Waals surface area contributed by atoms with Crippen LogP contribution in [0, 0.1) is 6.92 Å². The summed E-state index contributed by atoms with van der Waals surface area (Å²) in [7, 11) is 0. The van der Waals surface area contributed by atoms with Gasteiger partial charge in [0.1, 0.15) is 0 Å². The Kier molecular flexibility index (Phi) is 4.83. The molecule has 0 radical (unpaired) electrons. The number of hydrogen-bond acceptors (Lipinski definition) is 3. The average molecular weight is 261 g/mol. The van der Waals surface area contributed by atoms with E-state index in [1.807, 2.05) is 0 Å². The third kappa shape index (κ3) is 3.28. The monoisotopic (exact) mass is 261 g/mol. The largest absolute Gasteiger partial charge is 0.369 e. The number of anilines is 1. The molecule has 0 aromatic heterocycles. The van der Waals surface area contributed by atoms with Crippen molar-refractivity contribution in [1.29, 1.82) is 0 Å². The van der Waals surface area contributed by atoms with Crippen molar-refractivity contribution in [2.75, 3.05) is 44.2 Å². The number of hydrogen-bond donors (Lipinski definition) is 1. The van der Waals surface area contributed by atoms with E-state index >= 15 is 0 Å². The normalized spacial score (nSPS) is 17.2. The van der Waals surface area contributed by atoms with Gasteiger partial charge in [0, 0.05) is 45.0 Å². The van der Waals surface area contributed by atoms with Gasteiger partial charge in [-0.2, -0.15) is 0 Å². The van der Waals surface area contributed by atoms with Crippen LogP contribution >= 0.6 is 0 Å². The van der Waals surface area contributed by atoms with Gasteiger partial charge in [0.2, 0.25) is 0 Å². The molecule has 0 unspecified atom stereocenters. The van der Waals surface area contributed by atoms with Gasteiger partial charge in [0.25, 0.3) is 0 Å². The van der Waals surface area contributed by atoms with E-state index in [-0.39, 0.29) is 0 Å². The van der Waals surface area contributed by atoms with Crippen molar-refractivity contribution in [3.05, 3.63) is 29.3 Å². The summed E-state index contributed by atoms with van der Waals surface area (Å²) in [6.07, 6.45) is 0. The van der Waals surface area contributed by atoms with Gasteiger partial charge in [-0.25, -0.2) is 0 Å². The average Bonchev–Trinajstić information content (AvgIpc) is 2.40. The number of benzene rings is 1. The number of para-hydroxylation sites is 1. The van der Waals surface area contributed by atoms with Gasteiger partial charge in [-0.3, -0.25) is 4.90 Å². The molecule has 106 valence electrons. The summed E-state index contributed by atoms with van der Waals surface area (Å²) in [5.41, 5.74) is 9.98. The van der Waals surface area contributed by atoms with Gasteiger partial charge in [0.05, 0.1) is 0 Å². The standard InChI is InChI=1S/C16H27N3/c1-13(2)15-6-4-5-14(3)16(15)19-11-9-18(8-7-17)10-12-19/h4-6,13H,7-12,17H2,1-3H3. The van der Waals surface area contributed by atoms with Gasteiger partial charge in [-0.05, 0) is 24.0 Å². The highest BCUT2D eigenvalue weighted by Gasteiger charge is 2.20. The van der Waals surface area contributed by atoms with Crippen LogP contribution in [0.2, 0.25) is 0 Å². The van der Waals surface area contributed by atoms with Crippen LogP contribution in [0.5, 0.6) is 0 Å². The molecular weight excluding hydrogens is 234 g/mol. The Labute approximate surface area is 117 Å². The highest BCUT2D eigenvalue weighted by atomic mass is 15.3. The van der Waals surface area contributed by atoms with Crippen LogP contribution in [0.25, 0.3) is 0 Å². The minimum absolute atomic E-state index is 0.581. The molecule has 0 amide bonds. The Hall–Kier alpha value is -1.06. The molecule has 2 N–H and O–H groups in total. The third-order valence-electron chi connectivity index (χ3n) is 4.02. The molecule has 1 aliphatic rings. The molecule has 19 heavy (non-hydrogen) atoms. The second kappa shape index (κ2) is 6.40. The number of rotatable bonds is 4. The molecule has 1 aliphatic heterocycles. The molecule has 0 saturated carbocycles. The summed E-state index contributed by atoms with van der Waals surface area (Å²) in [5, 5.41) is 0. The predicted octanol–water partition coefficient (Wildman–Crippen LogP) is 2.20. The minimum atomic E-state index is 0.581. The maximum Gasteiger partial charge on any atom is 0.0431 e. The SMILES string of the molecule is Cc1cccc(C(C)C)c1N1CCN(CCN)CC1. The molecule has 0 atom stereocenters. The van der Waals surface area contributed by atoms with Gasteiger partial charge >= 0.3 is 0 Å². The summed E-state index contributed by atoms with van der Waals surface area (Å²) < 4.78 is 0. The topological polar surface area (TPSA) is 32.5 Å². The van der Waals surface area contributed by atoms with E-state index in [0.717, 1.165) is 39.3 Å². The van der Waals surface area contributed by atoms with Crippen LogP contribution in [0.15, 0.2) is 18.2 Å². The van der Waals surface area contributed by atoms with Gasteiger partial charge in [-0.15, -0.1) is 0 Å². The van der Waals surface area contributed by atoms with Crippen LogP contribution in [-0.4, -0.2) is 44.2 Å². The molecule has 0 aliphatic carbocycles. The van der Waals surface area contributed by atoms with Gasteiger partial charge in [-0.1, -0.05) is 32.0 Å². The van der Waals surface area contributed by atoms with Crippen molar-refractivity contribution >= 4 is 5.69 Å². The Bertz CT molecular complexity index is 406. The van der Waals surface area contributed by atoms with Gasteiger partial charge < -0.3 is 10.6 Å². The van der Waals surface area contributed by atoms with E-state index in [1.165, 1.54) is 16.8 Å². The van der Waals surface area contributed by atoms with Gasteiger partial charge in [0.15, 0.2) is 0 Å². The van der Waals surface area contributed by atoms with Crippen molar-refractivity contribution in [1.82, 2.24) is 4.90 Å². The molecule has 1 heterocycles. The van der Waals surface area contributed by atoms with Crippen molar-refractivity contribution in [2.24, 2.45) is 5.73 Å². The molecule has 0 spiro atoms. The fourth-order valence-electron chi connectivity index (χ4n) is 2.96. The lowest BCUT2D eigenvalue weighted by Gasteiger charge is -2.38. The van der Waals surface area contributed by atoms with Crippen LogP contribution in [-0.2, 0) is 0 Å². The number of nitrogens with two attached hydrogens (primary N) is 1. The van der Waals surface area contributed by atoms with E-state index in [2.05, 4.69) is 48.8 Å². The van der Waals surface area contributed by atoms with Crippen LogP contribution in [0.1, 0.15) is 30.9 Å². The Balaban J connectivity index is 2.15. The highest BCUT2D eigenvalue weighted by molar-refractivity contribution is 5.60. The van der Waals surface area contributed by atoms with E-state index < -0.39 is 0 Å². The quantitative estimate of drug-likeness (QED) is 0.902. The van der Waals surface area contributed by atoms with Crippen molar-refractivity contribution in [3.63, 3.8) is 0 Å². The first kappa shape index (κ1) is 14.4. The Morgan fingerprint density at radius 2 is 1.84 bits per heavy atom. The molecule has 2 rings (SSSR count). The molecule has 3 heteroatoms. The smallest absolute Gasteiger partial charge is 0.0431 e. The highest BCUT2D eigenvalue weighted by Crippen LogP contribution is 2.31. The summed E-state index contributed by atoms with van der Waals surface area (Å²) in [4.78, 5) is 5.02. The Morgan fingerprint density at radius 3 is 2.42 bits per heavy atom. The molecule has 0 bridgehead atoms. The fraction of sp³-hybridized carbons (Fsp3) is 0.625. The summed E-state index contributed by atoms with van der Waals surface area (Å²) in [5.74, 6) is 0.581. The van der Waals surface area contributed by atoms with Crippen LogP contribution in [0.3, 0.4) is 0 Å². The second-order valence-electron chi connectivity index (χ2n) is 5.78. The predicted molar refractivity (Wildman–Crippen MR) is 83.0 cm³/mol. The zero-order valence-corrected chi connectivity index (χ0v) is 12.5. The van der Waals surface area contributed by atoms with Crippen molar-refractivity contribution < 1.29 is 0 Å². The lowest BCUT2D eigenvalue weighted by atomic mass is 9.97. The third-order valence-corrected chi connectivity index (χ3v) is 4.02. The molecule has 3 nitrogen and oxygen atoms in total. The van der Waals surface area contributed by atoms with E-state index in [0.29, 0.717) is 5.92 Å². The summed E-state index contributed by atoms with van der Waals surface area (Å²) >= 11 is 0. The number of nitrogens with zero attached hydrogens (tertiary/aromatic N) is 2. The number of aryl methyl sites for hydroxylation is 1. The fourth-order valence-corrected chi connectivity index (χ4v) is 2.96. The molecule has 1 fully saturated rings.